The van der Waals surface area contributed by atoms with E-state index in [-0.39, 0.29) is 23.5 Å². The maximum Gasteiger partial charge on any atom is 0.274 e. The summed E-state index contributed by atoms with van der Waals surface area (Å²) in [5.74, 6) is 0.850. The number of amides is 1. The number of hydrogen-bond donors (Lipinski definition) is 0. The number of piperazine rings is 1. The Morgan fingerprint density at radius 3 is 2.46 bits per heavy atom. The minimum absolute atomic E-state index is 0.0801. The maximum atomic E-state index is 12.4. The molecule has 2 saturated heterocycles. The van der Waals surface area contributed by atoms with Crippen LogP contribution in [-0.4, -0.2) is 92.1 Å². The van der Waals surface area contributed by atoms with E-state index in [2.05, 4.69) is 15.1 Å². The molecular weight excluding hydrogens is 330 g/mol. The molecule has 0 saturated carbocycles. The standard InChI is InChI=1S/C15H23N5O3S/c1-18-6-8-20(9-7-18)15(21)13-3-4-14(17-16-13)19(2)12-5-10-24(22,23)11-12/h3-4,12H,5-11H2,1-2H3. The molecule has 8 nitrogen and oxygen atoms in total. The van der Waals surface area contributed by atoms with E-state index in [1.54, 1.807) is 17.0 Å². The highest BCUT2D eigenvalue weighted by Gasteiger charge is 2.31. The Kier molecular flexibility index (Phi) is 4.73. The molecule has 1 atom stereocenters. The molecule has 1 aromatic rings. The molecule has 0 N–H and O–H groups in total. The van der Waals surface area contributed by atoms with Crippen molar-refractivity contribution in [1.82, 2.24) is 20.0 Å². The van der Waals surface area contributed by atoms with Crippen molar-refractivity contribution in [3.05, 3.63) is 17.8 Å². The van der Waals surface area contributed by atoms with Gasteiger partial charge in [-0.2, -0.15) is 0 Å². The van der Waals surface area contributed by atoms with Crippen LogP contribution in [0.5, 0.6) is 0 Å². The van der Waals surface area contributed by atoms with Crippen LogP contribution in [0.15, 0.2) is 12.1 Å². The minimum Gasteiger partial charge on any atom is -0.354 e. The monoisotopic (exact) mass is 353 g/mol. The highest BCUT2D eigenvalue weighted by atomic mass is 32.2. The summed E-state index contributed by atoms with van der Waals surface area (Å²) < 4.78 is 23.2. The fourth-order valence-corrected chi connectivity index (χ4v) is 4.84. The van der Waals surface area contributed by atoms with Crippen LogP contribution in [0.1, 0.15) is 16.9 Å². The van der Waals surface area contributed by atoms with E-state index in [9.17, 15) is 13.2 Å². The van der Waals surface area contributed by atoms with E-state index >= 15 is 0 Å². The maximum absolute atomic E-state index is 12.4. The van der Waals surface area contributed by atoms with Gasteiger partial charge in [0.1, 0.15) is 0 Å². The van der Waals surface area contributed by atoms with Crippen molar-refractivity contribution in [3.8, 4) is 0 Å². The Bertz CT molecular complexity index is 698. The molecule has 0 bridgehead atoms. The summed E-state index contributed by atoms with van der Waals surface area (Å²) in [5.41, 5.74) is 0.329. The number of hydrogen-bond acceptors (Lipinski definition) is 7. The van der Waals surface area contributed by atoms with Crippen molar-refractivity contribution in [2.45, 2.75) is 12.5 Å². The summed E-state index contributed by atoms with van der Waals surface area (Å²) in [6.45, 7) is 3.10. The highest BCUT2D eigenvalue weighted by Crippen LogP contribution is 2.21. The second-order valence-corrected chi connectivity index (χ2v) is 8.77. The normalized spacial score (nSPS) is 24.1. The number of carbonyl (C=O) groups is 1. The van der Waals surface area contributed by atoms with Gasteiger partial charge in [0.15, 0.2) is 21.3 Å². The van der Waals surface area contributed by atoms with Crippen LogP contribution in [0.4, 0.5) is 5.82 Å². The molecule has 132 valence electrons. The summed E-state index contributed by atoms with van der Waals surface area (Å²) >= 11 is 0. The van der Waals surface area contributed by atoms with Gasteiger partial charge in [0, 0.05) is 39.3 Å². The van der Waals surface area contributed by atoms with Gasteiger partial charge in [-0.3, -0.25) is 4.79 Å². The largest absolute Gasteiger partial charge is 0.354 e. The fraction of sp³-hybridized carbons (Fsp3) is 0.667. The molecular formula is C15H23N5O3S. The molecule has 0 aromatic carbocycles. The number of anilines is 1. The molecule has 9 heteroatoms. The number of sulfone groups is 1. The summed E-state index contributed by atoms with van der Waals surface area (Å²) in [4.78, 5) is 18.2. The van der Waals surface area contributed by atoms with Crippen molar-refractivity contribution in [2.75, 3.05) is 56.7 Å². The Labute approximate surface area is 142 Å². The predicted molar refractivity (Wildman–Crippen MR) is 90.9 cm³/mol. The topological polar surface area (TPSA) is 86.7 Å². The van der Waals surface area contributed by atoms with Crippen molar-refractivity contribution in [1.29, 1.82) is 0 Å². The summed E-state index contributed by atoms with van der Waals surface area (Å²) in [6, 6.07) is 3.33. The average Bonchev–Trinajstić information content (AvgIpc) is 2.94. The lowest BCUT2D eigenvalue weighted by Gasteiger charge is -2.32. The Morgan fingerprint density at radius 2 is 1.92 bits per heavy atom. The molecule has 1 unspecified atom stereocenters. The first-order valence-electron chi connectivity index (χ1n) is 8.10. The Balaban J connectivity index is 1.66. The molecule has 0 radical (unpaired) electrons. The molecule has 3 rings (SSSR count). The van der Waals surface area contributed by atoms with Gasteiger partial charge in [-0.15, -0.1) is 10.2 Å². The van der Waals surface area contributed by atoms with Crippen LogP contribution in [0, 0.1) is 0 Å². The van der Waals surface area contributed by atoms with Crippen LogP contribution in [-0.2, 0) is 9.84 Å². The molecule has 3 heterocycles. The van der Waals surface area contributed by atoms with E-state index in [0.717, 1.165) is 13.1 Å². The van der Waals surface area contributed by atoms with Crippen LogP contribution in [0.3, 0.4) is 0 Å². The molecule has 2 aliphatic heterocycles. The molecule has 1 amide bonds. The van der Waals surface area contributed by atoms with E-state index < -0.39 is 9.84 Å². The first-order valence-corrected chi connectivity index (χ1v) is 9.93. The third kappa shape index (κ3) is 3.67. The summed E-state index contributed by atoms with van der Waals surface area (Å²) in [7, 11) is 0.910. The lowest BCUT2D eigenvalue weighted by molar-refractivity contribution is 0.0657. The molecule has 0 aliphatic carbocycles. The van der Waals surface area contributed by atoms with E-state index in [0.29, 0.717) is 31.0 Å². The SMILES string of the molecule is CN1CCN(C(=O)c2ccc(N(C)C3CCS(=O)(=O)C3)nn2)CC1. The molecule has 0 spiro atoms. The quantitative estimate of drug-likeness (QED) is 0.723. The van der Waals surface area contributed by atoms with Crippen molar-refractivity contribution < 1.29 is 13.2 Å². The predicted octanol–water partition coefficient (Wildman–Crippen LogP) is -0.512. The van der Waals surface area contributed by atoms with Crippen LogP contribution >= 0.6 is 0 Å². The second kappa shape index (κ2) is 6.64. The van der Waals surface area contributed by atoms with Gasteiger partial charge < -0.3 is 14.7 Å². The van der Waals surface area contributed by atoms with Crippen molar-refractivity contribution in [3.63, 3.8) is 0 Å². The summed E-state index contributed by atoms with van der Waals surface area (Å²) in [5, 5.41) is 8.18. The third-order valence-corrected chi connectivity index (χ3v) is 6.53. The van der Waals surface area contributed by atoms with Crippen LogP contribution in [0.2, 0.25) is 0 Å². The first kappa shape index (κ1) is 17.1. The van der Waals surface area contributed by atoms with Gasteiger partial charge in [0.05, 0.1) is 11.5 Å². The zero-order valence-electron chi connectivity index (χ0n) is 14.1. The molecule has 2 aliphatic rings. The zero-order chi connectivity index (χ0) is 17.3. The number of nitrogens with zero attached hydrogens (tertiary/aromatic N) is 5. The first-order chi connectivity index (χ1) is 11.4. The highest BCUT2D eigenvalue weighted by molar-refractivity contribution is 7.91. The number of rotatable bonds is 3. The number of aromatic nitrogens is 2. The molecule has 2 fully saturated rings. The van der Waals surface area contributed by atoms with E-state index in [4.69, 9.17) is 0 Å². The van der Waals surface area contributed by atoms with Crippen molar-refractivity contribution >= 4 is 21.6 Å². The van der Waals surface area contributed by atoms with Crippen LogP contribution < -0.4 is 4.90 Å². The van der Waals surface area contributed by atoms with E-state index in [1.165, 1.54) is 0 Å². The van der Waals surface area contributed by atoms with Gasteiger partial charge in [0.2, 0.25) is 0 Å². The van der Waals surface area contributed by atoms with Gasteiger partial charge in [-0.25, -0.2) is 8.42 Å². The third-order valence-electron chi connectivity index (χ3n) is 4.78. The van der Waals surface area contributed by atoms with Gasteiger partial charge in [-0.1, -0.05) is 0 Å². The number of likely N-dealkylation sites (N-methyl/N-ethyl adjacent to an activating group) is 1. The second-order valence-electron chi connectivity index (χ2n) is 6.54. The summed E-state index contributed by atoms with van der Waals surface area (Å²) in [6.07, 6.45) is 0.600. The smallest absolute Gasteiger partial charge is 0.274 e. The van der Waals surface area contributed by atoms with Gasteiger partial charge >= 0.3 is 0 Å². The average molecular weight is 353 g/mol. The lowest BCUT2D eigenvalue weighted by Crippen LogP contribution is -2.47. The fourth-order valence-electron chi connectivity index (χ4n) is 3.07. The van der Waals surface area contributed by atoms with Gasteiger partial charge in [-0.05, 0) is 25.6 Å². The van der Waals surface area contributed by atoms with Crippen LogP contribution in [0.25, 0.3) is 0 Å². The number of carbonyl (C=O) groups excluding carboxylic acids is 1. The van der Waals surface area contributed by atoms with Crippen molar-refractivity contribution in [2.24, 2.45) is 0 Å². The Morgan fingerprint density at radius 1 is 1.21 bits per heavy atom. The van der Waals surface area contributed by atoms with Gasteiger partial charge in [0.25, 0.3) is 5.91 Å². The minimum atomic E-state index is -2.94. The zero-order valence-corrected chi connectivity index (χ0v) is 14.9. The lowest BCUT2D eigenvalue weighted by atomic mass is 10.2. The molecule has 1 aromatic heterocycles. The van der Waals surface area contributed by atoms with E-state index in [1.807, 2.05) is 19.0 Å². The Hall–Kier alpha value is -1.74. The molecule has 24 heavy (non-hydrogen) atoms.